The minimum absolute atomic E-state index is 0.0680. The molecule has 2 bridgehead atoms. The van der Waals surface area contributed by atoms with Gasteiger partial charge in [0, 0.05) is 26.3 Å². The molecule has 0 aromatic heterocycles. The lowest BCUT2D eigenvalue weighted by Crippen LogP contribution is -2.64. The molecular formula is C49H67BrN8O12. The van der Waals surface area contributed by atoms with Gasteiger partial charge in [-0.25, -0.2) is 4.79 Å². The molecule has 2 aliphatic heterocycles. The molecule has 2 aromatic carbocycles. The van der Waals surface area contributed by atoms with E-state index >= 15 is 4.79 Å². The van der Waals surface area contributed by atoms with Crippen molar-refractivity contribution in [3.63, 3.8) is 0 Å². The summed E-state index contributed by atoms with van der Waals surface area (Å²) in [6.45, 7) is 12.5. The summed E-state index contributed by atoms with van der Waals surface area (Å²) in [4.78, 5) is 129. The minimum Gasteiger partial charge on any atom is -0.507 e. The fourth-order valence-corrected chi connectivity index (χ4v) is 8.50. The third-order valence-corrected chi connectivity index (χ3v) is 12.8. The number of phenols is 1. The van der Waals surface area contributed by atoms with Crippen LogP contribution in [0.15, 0.2) is 64.8 Å². The smallest absolute Gasteiger partial charge is 0.329 e. The van der Waals surface area contributed by atoms with Gasteiger partial charge in [-0.3, -0.25) is 38.4 Å². The molecule has 8 amide bonds. The number of rotatable bonds is 13. The molecule has 0 unspecified atom stereocenters. The van der Waals surface area contributed by atoms with Crippen molar-refractivity contribution in [2.45, 2.75) is 149 Å². The molecule has 0 spiro atoms. The lowest BCUT2D eigenvalue weighted by Gasteiger charge is -2.43. The van der Waals surface area contributed by atoms with Crippen LogP contribution in [0.5, 0.6) is 5.75 Å². The maximum atomic E-state index is 15.0. The van der Waals surface area contributed by atoms with Gasteiger partial charge < -0.3 is 56.7 Å². The number of aliphatic hydroxyl groups excluding tert-OH is 1. The van der Waals surface area contributed by atoms with Crippen molar-refractivity contribution in [2.24, 2.45) is 11.8 Å². The first-order chi connectivity index (χ1) is 33.0. The molecule has 2 fully saturated rings. The molecule has 0 radical (unpaired) electrons. The lowest BCUT2D eigenvalue weighted by molar-refractivity contribution is -0.165. The summed E-state index contributed by atoms with van der Waals surface area (Å²) < 4.78 is 6.16. The summed E-state index contributed by atoms with van der Waals surface area (Å²) in [5.74, 6) is -8.72. The van der Waals surface area contributed by atoms with Crippen LogP contribution in [0.25, 0.3) is 0 Å². The predicted octanol–water partition coefficient (Wildman–Crippen LogP) is 1.60. The first-order valence-corrected chi connectivity index (χ1v) is 24.3. The normalized spacial score (nSPS) is 24.6. The van der Waals surface area contributed by atoms with E-state index in [1.54, 1.807) is 77.1 Å². The van der Waals surface area contributed by atoms with Crippen LogP contribution in [0.3, 0.4) is 0 Å². The molecule has 8 N–H and O–H groups in total. The molecule has 20 nitrogen and oxygen atoms in total. The number of nitrogens with one attached hydrogen (secondary N) is 6. The molecule has 70 heavy (non-hydrogen) atoms. The number of allylic oxidation sites excluding steroid dienone is 1. The van der Waals surface area contributed by atoms with Crippen LogP contribution in [0, 0.1) is 11.8 Å². The van der Waals surface area contributed by atoms with E-state index in [0.717, 1.165) is 9.80 Å². The van der Waals surface area contributed by atoms with Crippen molar-refractivity contribution < 1.29 is 58.1 Å². The van der Waals surface area contributed by atoms with Crippen molar-refractivity contribution in [1.82, 2.24) is 41.7 Å². The number of cyclic esters (lactones) is 1. The summed E-state index contributed by atoms with van der Waals surface area (Å²) >= 11 is 3.30. The van der Waals surface area contributed by atoms with E-state index in [0.29, 0.717) is 22.0 Å². The number of piperidine rings is 1. The summed E-state index contributed by atoms with van der Waals surface area (Å²) in [6.07, 6.45) is -1.51. The average Bonchev–Trinajstić information content (AvgIpc) is 3.30. The molecule has 9 atom stereocenters. The molecule has 0 aliphatic carbocycles. The Bertz CT molecular complexity index is 2290. The number of amides is 8. The standard InChI is InChI=1S/C49H67BrN8O12/c1-10-15-37(60)51-27(7)42(62)54-39(25(3)4)45(65)56-41-28(8)70-49(69)40(26(5)6)55-44(64)34(24-30-18-20-36(59)31(50)22-30)57(9)48(68)35(23-29-16-13-12-14-17-29)58-38(61)21-19-33(47(58)67)53-43(63)32(11-2)52-46(41)66/h11-14,16-18,20,22,25-28,33-35,38-41,59,61H,10,15,19,21,23-24H2,1-9H3,(H,51,60)(H,52,66)(H,53,63)(H,54,62)(H,55,64)(H,56,65)/b32-11-/t27-,28-,33-,34-,35-,38+,39-,40-,41-/m1/s1. The number of aliphatic hydroxyl groups is 1. The van der Waals surface area contributed by atoms with Crippen LogP contribution in [0.1, 0.15) is 92.2 Å². The van der Waals surface area contributed by atoms with Crippen molar-refractivity contribution in [3.05, 3.63) is 75.9 Å². The number of carbonyl (C=O) groups is 9. The lowest BCUT2D eigenvalue weighted by atomic mass is 9.95. The summed E-state index contributed by atoms with van der Waals surface area (Å²) in [5, 5.41) is 37.3. The second-order valence-corrected chi connectivity index (χ2v) is 19.2. The molecule has 2 heterocycles. The highest BCUT2D eigenvalue weighted by molar-refractivity contribution is 9.10. The molecule has 2 aromatic rings. The fraction of sp³-hybridized carbons (Fsp3) is 0.531. The van der Waals surface area contributed by atoms with Gasteiger partial charge in [0.1, 0.15) is 66.1 Å². The van der Waals surface area contributed by atoms with E-state index in [4.69, 9.17) is 4.74 Å². The Morgan fingerprint density at radius 2 is 1.53 bits per heavy atom. The van der Waals surface area contributed by atoms with Gasteiger partial charge in [0.25, 0.3) is 11.8 Å². The Hall–Kier alpha value is -6.35. The maximum absolute atomic E-state index is 15.0. The quantitative estimate of drug-likeness (QED) is 0.105. The zero-order chi connectivity index (χ0) is 52.1. The Morgan fingerprint density at radius 1 is 0.871 bits per heavy atom. The van der Waals surface area contributed by atoms with Gasteiger partial charge in [-0.2, -0.15) is 0 Å². The van der Waals surface area contributed by atoms with Gasteiger partial charge in [-0.15, -0.1) is 0 Å². The number of nitrogens with zero attached hydrogens (tertiary/aromatic N) is 2. The Labute approximate surface area is 416 Å². The number of carbonyl (C=O) groups excluding carboxylic acids is 9. The first-order valence-electron chi connectivity index (χ1n) is 23.5. The van der Waals surface area contributed by atoms with E-state index in [1.165, 1.54) is 40.0 Å². The zero-order valence-corrected chi connectivity index (χ0v) is 42.6. The number of halogens is 1. The van der Waals surface area contributed by atoms with Crippen LogP contribution >= 0.6 is 15.9 Å². The van der Waals surface area contributed by atoms with Crippen LogP contribution < -0.4 is 31.9 Å². The SMILES string of the molecule is C/C=C1\NC(=O)[C@H](NC(=O)[C@H](NC(=O)[C@@H](C)NC(=O)CCC)C(C)C)[C@@H](C)OC(=O)[C@@H](C(C)C)NC(=O)[C@@H](Cc2ccc(O)c(Br)c2)N(C)C(=O)[C@@H](Cc2ccccc2)N2C(=O)[C@@H](CC[C@@H]2O)NC1=O. The third kappa shape index (κ3) is 14.6. The second-order valence-electron chi connectivity index (χ2n) is 18.3. The Morgan fingerprint density at radius 3 is 2.13 bits per heavy atom. The van der Waals surface area contributed by atoms with E-state index in [2.05, 4.69) is 47.8 Å². The van der Waals surface area contributed by atoms with E-state index < -0.39 is 114 Å². The van der Waals surface area contributed by atoms with Crippen LogP contribution in [0.2, 0.25) is 0 Å². The van der Waals surface area contributed by atoms with E-state index in [9.17, 15) is 48.6 Å². The van der Waals surface area contributed by atoms with Gasteiger partial charge in [0.2, 0.25) is 35.4 Å². The average molecular weight is 1040 g/mol. The zero-order valence-electron chi connectivity index (χ0n) is 41.0. The fourth-order valence-electron chi connectivity index (χ4n) is 8.07. The van der Waals surface area contributed by atoms with Gasteiger partial charge in [-0.1, -0.05) is 77.1 Å². The van der Waals surface area contributed by atoms with Gasteiger partial charge >= 0.3 is 5.97 Å². The molecular weight excluding hydrogens is 972 g/mol. The largest absolute Gasteiger partial charge is 0.507 e. The third-order valence-electron chi connectivity index (χ3n) is 12.2. The number of fused-ring (bicyclic) bond motifs is 2. The summed E-state index contributed by atoms with van der Waals surface area (Å²) in [7, 11) is 1.35. The second kappa shape index (κ2) is 25.5. The number of hydrogen-bond donors (Lipinski definition) is 8. The number of esters is 1. The van der Waals surface area contributed by atoms with Gasteiger partial charge in [0.05, 0.1) is 4.47 Å². The summed E-state index contributed by atoms with van der Waals surface area (Å²) in [5.41, 5.74) is 0.712. The highest BCUT2D eigenvalue weighted by Crippen LogP contribution is 2.28. The van der Waals surface area contributed by atoms with Crippen molar-refractivity contribution in [1.29, 1.82) is 0 Å². The minimum atomic E-state index is -1.75. The summed E-state index contributed by atoms with van der Waals surface area (Å²) in [6, 6.07) is 3.53. The van der Waals surface area contributed by atoms with E-state index in [-0.39, 0.29) is 49.5 Å². The highest BCUT2D eigenvalue weighted by atomic mass is 79.9. The maximum Gasteiger partial charge on any atom is 0.329 e. The number of phenolic OH excluding ortho intramolecular Hbond substituents is 1. The molecule has 4 rings (SSSR count). The van der Waals surface area contributed by atoms with Gasteiger partial charge in [-0.05, 0) is 91.1 Å². The van der Waals surface area contributed by atoms with Crippen molar-refractivity contribution in [3.8, 4) is 5.75 Å². The predicted molar refractivity (Wildman–Crippen MR) is 259 cm³/mol. The van der Waals surface area contributed by atoms with Crippen LogP contribution in [0.4, 0.5) is 0 Å². The first kappa shape index (κ1) is 56.2. The van der Waals surface area contributed by atoms with Gasteiger partial charge in [0.15, 0.2) is 0 Å². The van der Waals surface area contributed by atoms with Crippen molar-refractivity contribution >= 4 is 69.2 Å². The van der Waals surface area contributed by atoms with Crippen molar-refractivity contribution in [2.75, 3.05) is 7.05 Å². The molecule has 21 heteroatoms. The molecule has 2 aliphatic rings. The number of benzene rings is 2. The van der Waals surface area contributed by atoms with Crippen LogP contribution in [-0.2, 0) is 60.7 Å². The topological polar surface area (TPSA) is 282 Å². The number of hydrogen-bond acceptors (Lipinski definition) is 12. The molecule has 2 saturated heterocycles. The number of ether oxygens (including phenoxy) is 1. The Kier molecular flexibility index (Phi) is 20.5. The van der Waals surface area contributed by atoms with Crippen LogP contribution in [-0.4, -0.2) is 135 Å². The highest BCUT2D eigenvalue weighted by Gasteiger charge is 2.45. The number of likely N-dealkylation sites (N-methyl/N-ethyl adjacent to an activating group) is 1. The Balaban J connectivity index is 1.83. The molecule has 0 saturated carbocycles. The monoisotopic (exact) mass is 1040 g/mol. The number of aromatic hydroxyl groups is 1. The van der Waals surface area contributed by atoms with E-state index in [1.807, 2.05) is 0 Å². The molecule has 382 valence electrons.